The third-order valence-electron chi connectivity index (χ3n) is 3.24. The van der Waals surface area contributed by atoms with Crippen LogP contribution in [-0.4, -0.2) is 24.2 Å². The van der Waals surface area contributed by atoms with E-state index in [1.807, 2.05) is 48.5 Å². The topological polar surface area (TPSA) is 70.6 Å². The van der Waals surface area contributed by atoms with Gasteiger partial charge in [-0.3, -0.25) is 4.79 Å². The molecule has 122 valence electrons. The second-order valence-electron chi connectivity index (χ2n) is 5.16. The number of hydrogen-bond donors (Lipinski definition) is 3. The number of ether oxygens (including phenoxy) is 1. The highest BCUT2D eigenvalue weighted by Crippen LogP contribution is 2.18. The zero-order valence-electron chi connectivity index (χ0n) is 13.2. The summed E-state index contributed by atoms with van der Waals surface area (Å²) in [5, 5.41) is 15.0. The molecule has 0 aliphatic carbocycles. The van der Waals surface area contributed by atoms with E-state index < -0.39 is 0 Å². The summed E-state index contributed by atoms with van der Waals surface area (Å²) in [5.41, 5.74) is 2.98. The van der Waals surface area contributed by atoms with Gasteiger partial charge in [0, 0.05) is 31.3 Å². The molecule has 2 aromatic carbocycles. The van der Waals surface area contributed by atoms with E-state index >= 15 is 0 Å². The summed E-state index contributed by atoms with van der Waals surface area (Å²) in [6, 6.07) is 15.5. The first-order valence-electron chi connectivity index (χ1n) is 7.58. The third-order valence-corrected chi connectivity index (χ3v) is 3.24. The van der Waals surface area contributed by atoms with Crippen molar-refractivity contribution in [2.45, 2.75) is 20.0 Å². The Morgan fingerprint density at radius 1 is 1.09 bits per heavy atom. The standard InChI is InChI=1S/C18H22N2O3/c1-14(22)20-17-8-6-15(7-9-17)12-19-13-16-4-2-3-5-18(16)23-11-10-21/h2-9,19,21H,10-13H2,1H3,(H,20,22). The molecule has 1 amide bonds. The van der Waals surface area contributed by atoms with E-state index in [-0.39, 0.29) is 12.5 Å². The molecular formula is C18H22N2O3. The van der Waals surface area contributed by atoms with Crippen molar-refractivity contribution >= 4 is 11.6 Å². The largest absolute Gasteiger partial charge is 0.491 e. The zero-order chi connectivity index (χ0) is 16.5. The number of carbonyl (C=O) groups excluding carboxylic acids is 1. The van der Waals surface area contributed by atoms with Crippen LogP contribution in [0.1, 0.15) is 18.1 Å². The lowest BCUT2D eigenvalue weighted by molar-refractivity contribution is -0.114. The first kappa shape index (κ1) is 17.0. The predicted molar refractivity (Wildman–Crippen MR) is 90.3 cm³/mol. The van der Waals surface area contributed by atoms with E-state index in [0.29, 0.717) is 19.7 Å². The molecule has 0 atom stereocenters. The molecule has 0 saturated heterocycles. The van der Waals surface area contributed by atoms with Crippen LogP contribution in [0.5, 0.6) is 5.75 Å². The van der Waals surface area contributed by atoms with E-state index in [1.165, 1.54) is 6.92 Å². The normalized spacial score (nSPS) is 10.3. The SMILES string of the molecule is CC(=O)Nc1ccc(CNCc2ccccc2OCCO)cc1. The maximum absolute atomic E-state index is 11.0. The van der Waals surface area contributed by atoms with Crippen molar-refractivity contribution in [3.63, 3.8) is 0 Å². The van der Waals surface area contributed by atoms with Crippen LogP contribution in [0.2, 0.25) is 0 Å². The Labute approximate surface area is 136 Å². The monoisotopic (exact) mass is 314 g/mol. The first-order chi connectivity index (χ1) is 11.2. The molecular weight excluding hydrogens is 292 g/mol. The van der Waals surface area contributed by atoms with Crippen LogP contribution in [0.3, 0.4) is 0 Å². The number of aliphatic hydroxyl groups excluding tert-OH is 1. The minimum absolute atomic E-state index is 0.00239. The third kappa shape index (κ3) is 5.73. The minimum atomic E-state index is -0.0737. The molecule has 0 aliphatic heterocycles. The van der Waals surface area contributed by atoms with Crippen LogP contribution in [0.15, 0.2) is 48.5 Å². The number of para-hydroxylation sites is 1. The van der Waals surface area contributed by atoms with Crippen LogP contribution < -0.4 is 15.4 Å². The molecule has 0 unspecified atom stereocenters. The summed E-state index contributed by atoms with van der Waals surface area (Å²) in [6.45, 7) is 3.18. The fraction of sp³-hybridized carbons (Fsp3) is 0.278. The average molecular weight is 314 g/mol. The number of aliphatic hydroxyl groups is 1. The van der Waals surface area contributed by atoms with E-state index in [9.17, 15) is 4.79 Å². The molecule has 5 heteroatoms. The first-order valence-corrected chi connectivity index (χ1v) is 7.58. The number of benzene rings is 2. The van der Waals surface area contributed by atoms with Gasteiger partial charge < -0.3 is 20.5 Å². The van der Waals surface area contributed by atoms with Gasteiger partial charge in [0.2, 0.25) is 5.91 Å². The number of rotatable bonds is 8. The molecule has 0 bridgehead atoms. The number of nitrogens with one attached hydrogen (secondary N) is 2. The summed E-state index contributed by atoms with van der Waals surface area (Å²) in [6.07, 6.45) is 0. The molecule has 2 aromatic rings. The van der Waals surface area contributed by atoms with Crippen LogP contribution >= 0.6 is 0 Å². The van der Waals surface area contributed by atoms with E-state index in [1.54, 1.807) is 0 Å². The molecule has 0 aliphatic rings. The highest BCUT2D eigenvalue weighted by molar-refractivity contribution is 5.88. The number of amides is 1. The Morgan fingerprint density at radius 2 is 1.83 bits per heavy atom. The second kappa shape index (κ2) is 8.92. The maximum atomic E-state index is 11.0. The molecule has 0 aromatic heterocycles. The van der Waals surface area contributed by atoms with Crippen LogP contribution in [0.25, 0.3) is 0 Å². The number of hydrogen-bond acceptors (Lipinski definition) is 4. The van der Waals surface area contributed by atoms with Crippen molar-refractivity contribution in [1.82, 2.24) is 5.32 Å². The maximum Gasteiger partial charge on any atom is 0.221 e. The molecule has 0 radical (unpaired) electrons. The zero-order valence-corrected chi connectivity index (χ0v) is 13.2. The van der Waals surface area contributed by atoms with Gasteiger partial charge in [-0.1, -0.05) is 30.3 Å². The fourth-order valence-electron chi connectivity index (χ4n) is 2.20. The molecule has 0 spiro atoms. The van der Waals surface area contributed by atoms with Gasteiger partial charge in [-0.25, -0.2) is 0 Å². The van der Waals surface area contributed by atoms with Crippen molar-refractivity contribution in [3.8, 4) is 5.75 Å². The van der Waals surface area contributed by atoms with E-state index in [0.717, 1.165) is 22.6 Å². The lowest BCUT2D eigenvalue weighted by Gasteiger charge is -2.11. The Balaban J connectivity index is 1.86. The van der Waals surface area contributed by atoms with Crippen LogP contribution in [0.4, 0.5) is 5.69 Å². The number of anilines is 1. The number of carbonyl (C=O) groups is 1. The lowest BCUT2D eigenvalue weighted by Crippen LogP contribution is -2.14. The lowest BCUT2D eigenvalue weighted by atomic mass is 10.1. The Bertz CT molecular complexity index is 626. The Kier molecular flexibility index (Phi) is 6.59. The van der Waals surface area contributed by atoms with Crippen molar-refractivity contribution in [1.29, 1.82) is 0 Å². The fourth-order valence-corrected chi connectivity index (χ4v) is 2.20. The highest BCUT2D eigenvalue weighted by atomic mass is 16.5. The van der Waals surface area contributed by atoms with Gasteiger partial charge >= 0.3 is 0 Å². The van der Waals surface area contributed by atoms with Gasteiger partial charge in [-0.05, 0) is 23.8 Å². The summed E-state index contributed by atoms with van der Waals surface area (Å²) in [7, 11) is 0. The predicted octanol–water partition coefficient (Wildman–Crippen LogP) is 2.31. The highest BCUT2D eigenvalue weighted by Gasteiger charge is 2.03. The summed E-state index contributed by atoms with van der Waals surface area (Å²) in [4.78, 5) is 11.0. The average Bonchev–Trinajstić information content (AvgIpc) is 2.55. The van der Waals surface area contributed by atoms with Crippen molar-refractivity contribution in [2.24, 2.45) is 0 Å². The summed E-state index contributed by atoms with van der Waals surface area (Å²) < 4.78 is 5.51. The summed E-state index contributed by atoms with van der Waals surface area (Å²) in [5.74, 6) is 0.713. The molecule has 0 heterocycles. The van der Waals surface area contributed by atoms with Gasteiger partial charge in [0.25, 0.3) is 0 Å². The van der Waals surface area contributed by atoms with Crippen LogP contribution in [0, 0.1) is 0 Å². The van der Waals surface area contributed by atoms with Gasteiger partial charge in [-0.15, -0.1) is 0 Å². The molecule has 2 rings (SSSR count). The smallest absolute Gasteiger partial charge is 0.221 e. The molecule has 0 fully saturated rings. The molecule has 0 saturated carbocycles. The molecule has 5 nitrogen and oxygen atoms in total. The minimum Gasteiger partial charge on any atom is -0.491 e. The van der Waals surface area contributed by atoms with Crippen molar-refractivity contribution < 1.29 is 14.6 Å². The van der Waals surface area contributed by atoms with Gasteiger partial charge in [0.15, 0.2) is 0 Å². The van der Waals surface area contributed by atoms with E-state index in [2.05, 4.69) is 10.6 Å². The quantitative estimate of drug-likeness (QED) is 0.699. The molecule has 23 heavy (non-hydrogen) atoms. The van der Waals surface area contributed by atoms with Crippen molar-refractivity contribution in [2.75, 3.05) is 18.5 Å². The van der Waals surface area contributed by atoms with Crippen molar-refractivity contribution in [3.05, 3.63) is 59.7 Å². The summed E-state index contributed by atoms with van der Waals surface area (Å²) >= 11 is 0. The van der Waals surface area contributed by atoms with E-state index in [4.69, 9.17) is 9.84 Å². The van der Waals surface area contributed by atoms with Crippen LogP contribution in [-0.2, 0) is 17.9 Å². The second-order valence-corrected chi connectivity index (χ2v) is 5.16. The Morgan fingerprint density at radius 3 is 2.52 bits per heavy atom. The van der Waals surface area contributed by atoms with Gasteiger partial charge in [-0.2, -0.15) is 0 Å². The van der Waals surface area contributed by atoms with Gasteiger partial charge in [0.1, 0.15) is 12.4 Å². The van der Waals surface area contributed by atoms with Gasteiger partial charge in [0.05, 0.1) is 6.61 Å². The Hall–Kier alpha value is -2.37. The molecule has 3 N–H and O–H groups in total.